The summed E-state index contributed by atoms with van der Waals surface area (Å²) in [4.78, 5) is 12.2. The monoisotopic (exact) mass is 642 g/mol. The lowest BCUT2D eigenvalue weighted by molar-refractivity contribution is 0.0635. The van der Waals surface area contributed by atoms with Crippen LogP contribution in [0.2, 0.25) is 0 Å². The van der Waals surface area contributed by atoms with Gasteiger partial charge in [-0.05, 0) is 91.8 Å². The first kappa shape index (κ1) is 42.7. The number of nitrogens with two attached hydrogens (primary N) is 1. The summed E-state index contributed by atoms with van der Waals surface area (Å²) < 4.78 is 13.0. The Morgan fingerprint density at radius 2 is 1.74 bits per heavy atom. The molecule has 0 radical (unpaired) electrons. The Morgan fingerprint density at radius 1 is 1.09 bits per heavy atom. The van der Waals surface area contributed by atoms with E-state index in [4.69, 9.17) is 20.3 Å². The van der Waals surface area contributed by atoms with Gasteiger partial charge in [0.25, 0.3) is 0 Å². The predicted molar refractivity (Wildman–Crippen MR) is 199 cm³/mol. The standard InChI is InChI=1S/C24H36N4O3.C11H25N.C3H6/c1-8-11-19-21(17(25)10-3)22(27-28(19)14-9-2)16-12-13-18(20(15-16)30-7)26-23(29)31-24(4,5)6;1-5-7-11(12-4)9-8-10(3)6-2;1-3-2/h10,12-13,15H,8-9,11,14,25H2,1-7H3,(H,26,29);10-12H,5-9H2,1-4H3;3H,1H2,2H3/b17-10+;;. The van der Waals surface area contributed by atoms with Gasteiger partial charge in [-0.15, -0.1) is 6.58 Å². The number of carbonyl (C=O) groups is 1. The Labute approximate surface area is 281 Å². The normalized spacial score (nSPS) is 12.6. The molecule has 8 heteroatoms. The highest BCUT2D eigenvalue weighted by Crippen LogP contribution is 2.35. The minimum Gasteiger partial charge on any atom is -0.495 e. The Bertz CT molecular complexity index is 1180. The van der Waals surface area contributed by atoms with Gasteiger partial charge >= 0.3 is 6.09 Å². The quantitative estimate of drug-likeness (QED) is 0.167. The zero-order valence-electron chi connectivity index (χ0n) is 31.3. The number of carbonyl (C=O) groups excluding carboxylic acids is 1. The van der Waals surface area contributed by atoms with Crippen LogP contribution in [-0.4, -0.2) is 41.7 Å². The van der Waals surface area contributed by atoms with E-state index in [1.165, 1.54) is 32.1 Å². The summed E-state index contributed by atoms with van der Waals surface area (Å²) in [5, 5.41) is 11.0. The van der Waals surface area contributed by atoms with Crippen molar-refractivity contribution >= 4 is 17.5 Å². The number of allylic oxidation sites excluding steroid dienone is 2. The number of hydrogen-bond donors (Lipinski definition) is 3. The molecule has 8 nitrogen and oxygen atoms in total. The van der Waals surface area contributed by atoms with E-state index in [-0.39, 0.29) is 0 Å². The van der Waals surface area contributed by atoms with Crippen LogP contribution < -0.4 is 21.1 Å². The largest absolute Gasteiger partial charge is 0.495 e. The molecule has 4 N–H and O–H groups in total. The third kappa shape index (κ3) is 15.4. The number of amides is 1. The molecule has 1 amide bonds. The second-order valence-corrected chi connectivity index (χ2v) is 12.7. The second kappa shape index (κ2) is 23.1. The summed E-state index contributed by atoms with van der Waals surface area (Å²) in [5.41, 5.74) is 10.8. The van der Waals surface area contributed by atoms with Gasteiger partial charge in [0.1, 0.15) is 17.0 Å². The van der Waals surface area contributed by atoms with Gasteiger partial charge in [0, 0.05) is 35.1 Å². The molecule has 0 aliphatic heterocycles. The number of aryl methyl sites for hydroxylation is 1. The molecule has 0 bridgehead atoms. The van der Waals surface area contributed by atoms with Crippen LogP contribution in [0, 0.1) is 5.92 Å². The molecule has 1 heterocycles. The van der Waals surface area contributed by atoms with Gasteiger partial charge in [-0.25, -0.2) is 4.79 Å². The third-order valence-corrected chi connectivity index (χ3v) is 7.44. The van der Waals surface area contributed by atoms with E-state index in [1.807, 2.05) is 52.8 Å². The fraction of sp³-hybridized carbons (Fsp3) is 0.632. The van der Waals surface area contributed by atoms with Gasteiger partial charge in [-0.2, -0.15) is 5.10 Å². The number of rotatable bonds is 15. The highest BCUT2D eigenvalue weighted by atomic mass is 16.6. The van der Waals surface area contributed by atoms with Crippen molar-refractivity contribution in [2.45, 2.75) is 139 Å². The van der Waals surface area contributed by atoms with E-state index < -0.39 is 11.7 Å². The van der Waals surface area contributed by atoms with Crippen molar-refractivity contribution in [3.8, 4) is 17.0 Å². The maximum atomic E-state index is 12.2. The summed E-state index contributed by atoms with van der Waals surface area (Å²) >= 11 is 0. The molecule has 0 spiro atoms. The second-order valence-electron chi connectivity index (χ2n) is 12.7. The molecule has 0 saturated carbocycles. The van der Waals surface area contributed by atoms with Crippen molar-refractivity contribution in [1.29, 1.82) is 0 Å². The van der Waals surface area contributed by atoms with E-state index in [0.717, 1.165) is 60.3 Å². The van der Waals surface area contributed by atoms with Crippen molar-refractivity contribution in [3.63, 3.8) is 0 Å². The van der Waals surface area contributed by atoms with Crippen LogP contribution in [0.25, 0.3) is 17.0 Å². The first-order valence-electron chi connectivity index (χ1n) is 17.2. The lowest BCUT2D eigenvalue weighted by Crippen LogP contribution is -2.27. The highest BCUT2D eigenvalue weighted by molar-refractivity contribution is 5.88. The van der Waals surface area contributed by atoms with Gasteiger partial charge in [-0.3, -0.25) is 10.00 Å². The maximum absolute atomic E-state index is 12.2. The van der Waals surface area contributed by atoms with Gasteiger partial charge in [-0.1, -0.05) is 72.1 Å². The molecular formula is C38H67N5O3. The Kier molecular flexibility index (Phi) is 21.5. The molecule has 0 saturated heterocycles. The number of methoxy groups -OCH3 is 1. The number of benzene rings is 1. The van der Waals surface area contributed by atoms with Gasteiger partial charge in [0.2, 0.25) is 0 Å². The van der Waals surface area contributed by atoms with Crippen molar-refractivity contribution in [1.82, 2.24) is 15.1 Å². The molecule has 2 atom stereocenters. The van der Waals surface area contributed by atoms with Gasteiger partial charge < -0.3 is 20.5 Å². The Hall–Kier alpha value is -3.26. The molecule has 262 valence electrons. The molecule has 0 aliphatic carbocycles. The molecule has 46 heavy (non-hydrogen) atoms. The van der Waals surface area contributed by atoms with Crippen molar-refractivity contribution in [3.05, 3.63) is 48.2 Å². The lowest BCUT2D eigenvalue weighted by Gasteiger charge is -2.20. The number of ether oxygens (including phenoxy) is 2. The molecule has 2 unspecified atom stereocenters. The van der Waals surface area contributed by atoms with Crippen LogP contribution >= 0.6 is 0 Å². The first-order valence-corrected chi connectivity index (χ1v) is 17.2. The summed E-state index contributed by atoms with van der Waals surface area (Å²) in [6, 6.07) is 6.33. The summed E-state index contributed by atoms with van der Waals surface area (Å²) in [7, 11) is 3.65. The smallest absolute Gasteiger partial charge is 0.412 e. The average Bonchev–Trinajstić information content (AvgIpc) is 3.36. The van der Waals surface area contributed by atoms with Gasteiger partial charge in [0.05, 0.1) is 12.8 Å². The molecular weight excluding hydrogens is 574 g/mol. The lowest BCUT2D eigenvalue weighted by atomic mass is 9.97. The molecule has 0 fully saturated rings. The number of nitrogens with one attached hydrogen (secondary N) is 2. The van der Waals surface area contributed by atoms with Crippen molar-refractivity contribution in [2.75, 3.05) is 19.5 Å². The number of hydrogen-bond acceptors (Lipinski definition) is 6. The number of anilines is 1. The van der Waals surface area contributed by atoms with Crippen molar-refractivity contribution in [2.24, 2.45) is 11.7 Å². The predicted octanol–water partition coefficient (Wildman–Crippen LogP) is 9.98. The minimum atomic E-state index is -0.585. The van der Waals surface area contributed by atoms with Gasteiger partial charge in [0.15, 0.2) is 0 Å². The third-order valence-electron chi connectivity index (χ3n) is 7.44. The maximum Gasteiger partial charge on any atom is 0.412 e. The van der Waals surface area contributed by atoms with Crippen LogP contribution in [-0.2, 0) is 17.7 Å². The Morgan fingerprint density at radius 3 is 2.22 bits per heavy atom. The zero-order chi connectivity index (χ0) is 35.3. The summed E-state index contributed by atoms with van der Waals surface area (Å²) in [6.45, 7) is 24.6. The zero-order valence-corrected chi connectivity index (χ0v) is 31.3. The molecule has 2 rings (SSSR count). The van der Waals surface area contributed by atoms with E-state index in [1.54, 1.807) is 19.3 Å². The molecule has 2 aromatic rings. The van der Waals surface area contributed by atoms with Crippen LogP contribution in [0.1, 0.15) is 125 Å². The molecule has 0 aliphatic rings. The van der Waals surface area contributed by atoms with Crippen LogP contribution in [0.3, 0.4) is 0 Å². The van der Waals surface area contributed by atoms with E-state index in [0.29, 0.717) is 17.1 Å². The summed E-state index contributed by atoms with van der Waals surface area (Å²) in [6.07, 6.45) is 12.7. The minimum absolute atomic E-state index is 0.524. The van der Waals surface area contributed by atoms with E-state index in [9.17, 15) is 4.79 Å². The Balaban J connectivity index is 0.00000113. The number of nitrogens with zero attached hydrogens (tertiary/aromatic N) is 2. The molecule has 1 aromatic heterocycles. The van der Waals surface area contributed by atoms with E-state index in [2.05, 4.69) is 63.6 Å². The average molecular weight is 642 g/mol. The fourth-order valence-electron chi connectivity index (χ4n) is 4.86. The fourth-order valence-corrected chi connectivity index (χ4v) is 4.86. The first-order chi connectivity index (χ1) is 21.8. The highest BCUT2D eigenvalue weighted by Gasteiger charge is 2.22. The van der Waals surface area contributed by atoms with Crippen LogP contribution in [0.15, 0.2) is 36.9 Å². The topological polar surface area (TPSA) is 103 Å². The SMILES string of the molecule is C/C=C(/N)c1c(-c2ccc(NC(=O)OC(C)(C)C)c(OC)c2)nn(CCC)c1CCC.C=CC.CCCC(CCC(C)CC)NC. The van der Waals surface area contributed by atoms with E-state index >= 15 is 0 Å². The van der Waals surface area contributed by atoms with Crippen molar-refractivity contribution < 1.29 is 14.3 Å². The summed E-state index contributed by atoms with van der Waals surface area (Å²) in [5.74, 6) is 1.42. The van der Waals surface area contributed by atoms with Crippen LogP contribution in [0.5, 0.6) is 5.75 Å². The molecule has 1 aromatic carbocycles. The number of aromatic nitrogens is 2. The van der Waals surface area contributed by atoms with Crippen LogP contribution in [0.4, 0.5) is 10.5 Å².